The zero-order valence-corrected chi connectivity index (χ0v) is 21.1. The van der Waals surface area contributed by atoms with Crippen molar-refractivity contribution in [2.45, 2.75) is 45.9 Å². The van der Waals surface area contributed by atoms with Gasteiger partial charge < -0.3 is 19.3 Å². The number of benzene rings is 2. The van der Waals surface area contributed by atoms with Gasteiger partial charge in [-0.25, -0.2) is 4.79 Å². The van der Waals surface area contributed by atoms with Crippen LogP contribution in [0.15, 0.2) is 65.6 Å². The predicted octanol–water partition coefficient (Wildman–Crippen LogP) is 4.78. The smallest absolute Gasteiger partial charge is 0.410 e. The SMILES string of the molecule is Cn1c2c(c3ccc(-n4ccc(-c5ccc(CO)cc5)cc4=O)cc31)CN(C(=O)OC(C)(C)C)CC2. The van der Waals surface area contributed by atoms with Crippen molar-refractivity contribution >= 4 is 17.0 Å². The van der Waals surface area contributed by atoms with Crippen molar-refractivity contribution in [3.05, 3.63) is 88.0 Å². The standard InChI is InChI=1S/C29H31N3O4/c1-29(2,3)36-28(35)31-13-12-25-24(17-31)23-10-9-22(16-26(23)30(25)4)32-14-11-21(15-27(32)34)20-7-5-19(18-33)6-8-20/h5-11,14-16,33H,12-13,17-18H2,1-4H3. The highest BCUT2D eigenvalue weighted by molar-refractivity contribution is 5.88. The Morgan fingerprint density at radius 2 is 1.78 bits per heavy atom. The summed E-state index contributed by atoms with van der Waals surface area (Å²) < 4.78 is 9.40. The van der Waals surface area contributed by atoms with Gasteiger partial charge in [0.1, 0.15) is 5.60 Å². The summed E-state index contributed by atoms with van der Waals surface area (Å²) in [6.45, 7) is 6.74. The molecule has 1 N–H and O–H groups in total. The molecule has 0 unspecified atom stereocenters. The second kappa shape index (κ2) is 8.99. The van der Waals surface area contributed by atoms with Gasteiger partial charge in [-0.3, -0.25) is 9.36 Å². The Hall–Kier alpha value is -3.84. The quantitative estimate of drug-likeness (QED) is 0.453. The molecule has 0 saturated carbocycles. The van der Waals surface area contributed by atoms with E-state index < -0.39 is 5.60 Å². The van der Waals surface area contributed by atoms with E-state index in [0.717, 1.165) is 45.3 Å². The third-order valence-corrected chi connectivity index (χ3v) is 6.71. The number of carbonyl (C=O) groups is 1. The fraction of sp³-hybridized carbons (Fsp3) is 0.310. The molecule has 1 aliphatic rings. The van der Waals surface area contributed by atoms with E-state index in [1.54, 1.807) is 21.7 Å². The monoisotopic (exact) mass is 485 g/mol. The van der Waals surface area contributed by atoms with Gasteiger partial charge in [-0.15, -0.1) is 0 Å². The van der Waals surface area contributed by atoms with Crippen LogP contribution in [0.2, 0.25) is 0 Å². The third-order valence-electron chi connectivity index (χ3n) is 6.71. The maximum Gasteiger partial charge on any atom is 0.410 e. The zero-order valence-electron chi connectivity index (χ0n) is 21.1. The topological polar surface area (TPSA) is 76.7 Å². The Kier molecular flexibility index (Phi) is 5.96. The largest absolute Gasteiger partial charge is 0.444 e. The molecule has 0 radical (unpaired) electrons. The minimum Gasteiger partial charge on any atom is -0.444 e. The Labute approximate surface area is 210 Å². The molecule has 1 aliphatic heterocycles. The number of ether oxygens (including phenoxy) is 1. The van der Waals surface area contributed by atoms with Crippen molar-refractivity contribution in [3.8, 4) is 16.8 Å². The van der Waals surface area contributed by atoms with Crippen LogP contribution in [-0.2, 0) is 31.4 Å². The molecule has 0 saturated heterocycles. The van der Waals surface area contributed by atoms with Gasteiger partial charge in [-0.2, -0.15) is 0 Å². The average molecular weight is 486 g/mol. The summed E-state index contributed by atoms with van der Waals surface area (Å²) in [5.74, 6) is 0. The van der Waals surface area contributed by atoms with Gasteiger partial charge in [0.25, 0.3) is 5.56 Å². The number of aryl methyl sites for hydroxylation is 1. The molecule has 5 rings (SSSR count). The molecule has 36 heavy (non-hydrogen) atoms. The van der Waals surface area contributed by atoms with Crippen LogP contribution in [0.4, 0.5) is 4.79 Å². The minimum atomic E-state index is -0.531. The lowest BCUT2D eigenvalue weighted by Gasteiger charge is -2.30. The van der Waals surface area contributed by atoms with Gasteiger partial charge in [-0.05, 0) is 55.7 Å². The first-order chi connectivity index (χ1) is 17.1. The number of aliphatic hydroxyl groups is 1. The van der Waals surface area contributed by atoms with Crippen molar-refractivity contribution in [2.24, 2.45) is 7.05 Å². The number of rotatable bonds is 3. The summed E-state index contributed by atoms with van der Waals surface area (Å²) in [7, 11) is 2.04. The highest BCUT2D eigenvalue weighted by Gasteiger charge is 2.29. The Bertz CT molecular complexity index is 1510. The molecule has 186 valence electrons. The predicted molar refractivity (Wildman–Crippen MR) is 140 cm³/mol. The van der Waals surface area contributed by atoms with Crippen LogP contribution in [0.1, 0.15) is 37.6 Å². The molecule has 3 heterocycles. The number of amides is 1. The summed E-state index contributed by atoms with van der Waals surface area (Å²) in [6.07, 6.45) is 2.25. The molecule has 1 amide bonds. The minimum absolute atomic E-state index is 0.00797. The van der Waals surface area contributed by atoms with Gasteiger partial charge in [-0.1, -0.05) is 30.3 Å². The van der Waals surface area contributed by atoms with Crippen molar-refractivity contribution in [1.82, 2.24) is 14.0 Å². The Morgan fingerprint density at radius 1 is 1.03 bits per heavy atom. The first-order valence-corrected chi connectivity index (χ1v) is 12.2. The second-order valence-corrected chi connectivity index (χ2v) is 10.3. The molecular weight excluding hydrogens is 454 g/mol. The van der Waals surface area contributed by atoms with Crippen LogP contribution in [0, 0.1) is 0 Å². The highest BCUT2D eigenvalue weighted by Crippen LogP contribution is 2.32. The lowest BCUT2D eigenvalue weighted by molar-refractivity contribution is 0.0223. The molecule has 2 aromatic heterocycles. The number of hydrogen-bond acceptors (Lipinski definition) is 4. The summed E-state index contributed by atoms with van der Waals surface area (Å²) >= 11 is 0. The highest BCUT2D eigenvalue weighted by atomic mass is 16.6. The summed E-state index contributed by atoms with van der Waals surface area (Å²) in [6, 6.07) is 17.1. The maximum absolute atomic E-state index is 13.0. The van der Waals surface area contributed by atoms with Gasteiger partial charge in [0.2, 0.25) is 0 Å². The van der Waals surface area contributed by atoms with E-state index in [-0.39, 0.29) is 18.3 Å². The van der Waals surface area contributed by atoms with Crippen LogP contribution < -0.4 is 5.56 Å². The number of fused-ring (bicyclic) bond motifs is 3. The van der Waals surface area contributed by atoms with Crippen LogP contribution in [0.3, 0.4) is 0 Å². The van der Waals surface area contributed by atoms with E-state index >= 15 is 0 Å². The Morgan fingerprint density at radius 3 is 2.44 bits per heavy atom. The average Bonchev–Trinajstić information content (AvgIpc) is 3.14. The molecule has 0 atom stereocenters. The summed E-state index contributed by atoms with van der Waals surface area (Å²) in [5, 5.41) is 10.3. The molecule has 0 spiro atoms. The molecule has 7 nitrogen and oxygen atoms in total. The van der Waals surface area contributed by atoms with Crippen molar-refractivity contribution in [3.63, 3.8) is 0 Å². The van der Waals surface area contributed by atoms with E-state index in [4.69, 9.17) is 4.74 Å². The number of carbonyl (C=O) groups excluding carboxylic acids is 1. The van der Waals surface area contributed by atoms with E-state index in [9.17, 15) is 14.7 Å². The zero-order chi connectivity index (χ0) is 25.6. The normalized spacial score (nSPS) is 13.6. The maximum atomic E-state index is 13.0. The fourth-order valence-corrected chi connectivity index (χ4v) is 4.87. The molecule has 0 fully saturated rings. The van der Waals surface area contributed by atoms with Crippen molar-refractivity contribution in [2.75, 3.05) is 6.54 Å². The van der Waals surface area contributed by atoms with E-state index in [1.165, 1.54) is 5.69 Å². The van der Waals surface area contributed by atoms with Crippen molar-refractivity contribution in [1.29, 1.82) is 0 Å². The number of pyridine rings is 1. The second-order valence-electron chi connectivity index (χ2n) is 10.3. The van der Waals surface area contributed by atoms with E-state index in [0.29, 0.717) is 13.1 Å². The van der Waals surface area contributed by atoms with Crippen LogP contribution in [0.5, 0.6) is 0 Å². The number of nitrogens with zero attached hydrogens (tertiary/aromatic N) is 3. The number of aliphatic hydroxyl groups excluding tert-OH is 1. The van der Waals surface area contributed by atoms with Crippen molar-refractivity contribution < 1.29 is 14.6 Å². The van der Waals surface area contributed by atoms with E-state index in [1.807, 2.05) is 76.3 Å². The summed E-state index contributed by atoms with van der Waals surface area (Å²) in [4.78, 5) is 27.5. The summed E-state index contributed by atoms with van der Waals surface area (Å²) in [5.41, 5.74) is 6.09. The number of aromatic nitrogens is 2. The molecule has 0 aliphatic carbocycles. The van der Waals surface area contributed by atoms with Crippen LogP contribution >= 0.6 is 0 Å². The molecule has 4 aromatic rings. The number of hydrogen-bond donors (Lipinski definition) is 1. The fourth-order valence-electron chi connectivity index (χ4n) is 4.87. The Balaban J connectivity index is 1.46. The first-order valence-electron chi connectivity index (χ1n) is 12.2. The van der Waals surface area contributed by atoms with Gasteiger partial charge in [0, 0.05) is 48.9 Å². The lowest BCUT2D eigenvalue weighted by Crippen LogP contribution is -2.40. The van der Waals surface area contributed by atoms with Gasteiger partial charge in [0.05, 0.1) is 24.4 Å². The van der Waals surface area contributed by atoms with E-state index in [2.05, 4.69) is 4.57 Å². The first kappa shape index (κ1) is 23.9. The van der Waals surface area contributed by atoms with Gasteiger partial charge in [0.15, 0.2) is 0 Å². The van der Waals surface area contributed by atoms with Crippen LogP contribution in [-0.4, -0.2) is 37.4 Å². The lowest BCUT2D eigenvalue weighted by atomic mass is 10.0. The molecule has 0 bridgehead atoms. The third kappa shape index (κ3) is 4.42. The molecule has 2 aromatic carbocycles. The molecule has 7 heteroatoms. The van der Waals surface area contributed by atoms with Crippen LogP contribution in [0.25, 0.3) is 27.7 Å². The molecular formula is C29H31N3O4. The van der Waals surface area contributed by atoms with Gasteiger partial charge >= 0.3 is 6.09 Å².